The third-order valence-electron chi connectivity index (χ3n) is 4.07. The molecule has 1 aromatic rings. The number of carbonyl (C=O) groups excluding carboxylic acids is 1. The van der Waals surface area contributed by atoms with Crippen LogP contribution in [0, 0.1) is 5.92 Å². The average molecular weight is 490 g/mol. The lowest BCUT2D eigenvalue weighted by atomic mass is 10.1. The maximum absolute atomic E-state index is 11.1. The topological polar surface area (TPSA) is 84.0 Å². The molecule has 0 aromatic heterocycles. The number of hydrogen-bond donors (Lipinski definition) is 3. The van der Waals surface area contributed by atoms with Gasteiger partial charge >= 0.3 is 0 Å². The van der Waals surface area contributed by atoms with Crippen LogP contribution in [0.4, 0.5) is 5.69 Å². The van der Waals surface area contributed by atoms with Gasteiger partial charge in [-0.05, 0) is 30.5 Å². The monoisotopic (exact) mass is 490 g/mol. The van der Waals surface area contributed by atoms with Crippen molar-refractivity contribution in [3.05, 3.63) is 29.8 Å². The first-order valence-corrected chi connectivity index (χ1v) is 9.14. The Hall–Kier alpha value is -1.39. The first-order chi connectivity index (χ1) is 12.7. The molecule has 3 N–H and O–H groups in total. The number of ether oxygens (including phenoxy) is 2. The molecular weight excluding hydrogens is 459 g/mol. The van der Waals surface area contributed by atoms with Gasteiger partial charge in [-0.1, -0.05) is 12.1 Å². The van der Waals surface area contributed by atoms with Crippen LogP contribution in [0.1, 0.15) is 25.3 Å². The molecule has 1 aromatic carbocycles. The second-order valence-corrected chi connectivity index (χ2v) is 6.39. The van der Waals surface area contributed by atoms with E-state index in [2.05, 4.69) is 20.9 Å². The number of benzene rings is 1. The number of halogens is 1. The van der Waals surface area contributed by atoms with E-state index in [9.17, 15) is 4.79 Å². The van der Waals surface area contributed by atoms with Crippen molar-refractivity contribution in [3.63, 3.8) is 0 Å². The zero-order valence-electron chi connectivity index (χ0n) is 16.1. The van der Waals surface area contributed by atoms with E-state index < -0.39 is 0 Å². The summed E-state index contributed by atoms with van der Waals surface area (Å²) in [6.45, 7) is 6.15. The molecule has 1 atom stereocenters. The number of nitrogens with one attached hydrogen (secondary N) is 3. The smallest absolute Gasteiger partial charge is 0.221 e. The summed E-state index contributed by atoms with van der Waals surface area (Å²) < 4.78 is 11.0. The number of amides is 1. The molecule has 152 valence electrons. The first-order valence-electron chi connectivity index (χ1n) is 9.14. The molecule has 1 aliphatic rings. The molecule has 1 fully saturated rings. The molecule has 1 saturated heterocycles. The molecular formula is C19H31IN4O3. The van der Waals surface area contributed by atoms with E-state index in [4.69, 9.17) is 9.47 Å². The third-order valence-corrected chi connectivity index (χ3v) is 4.07. The van der Waals surface area contributed by atoms with Crippen LogP contribution in [0.5, 0.6) is 0 Å². The fourth-order valence-corrected chi connectivity index (χ4v) is 2.71. The summed E-state index contributed by atoms with van der Waals surface area (Å²) in [6, 6.07) is 7.75. The highest BCUT2D eigenvalue weighted by Gasteiger charge is 2.15. The Morgan fingerprint density at radius 1 is 1.37 bits per heavy atom. The Balaban J connectivity index is 0.00000364. The molecule has 0 spiro atoms. The Labute approximate surface area is 178 Å². The van der Waals surface area contributed by atoms with Gasteiger partial charge in [0.25, 0.3) is 0 Å². The fourth-order valence-electron chi connectivity index (χ4n) is 2.71. The second-order valence-electron chi connectivity index (χ2n) is 6.39. The molecule has 7 nitrogen and oxygen atoms in total. The molecule has 1 aliphatic heterocycles. The lowest BCUT2D eigenvalue weighted by Gasteiger charge is -2.13. The van der Waals surface area contributed by atoms with E-state index in [1.54, 1.807) is 7.05 Å². The molecule has 27 heavy (non-hydrogen) atoms. The van der Waals surface area contributed by atoms with Crippen molar-refractivity contribution >= 4 is 41.5 Å². The summed E-state index contributed by atoms with van der Waals surface area (Å²) in [4.78, 5) is 15.4. The van der Waals surface area contributed by atoms with Crippen LogP contribution in [0.3, 0.4) is 0 Å². The highest BCUT2D eigenvalue weighted by atomic mass is 127. The SMILES string of the molecule is CN=C(NCCCOCC1CCOC1)NCc1cccc(NC(C)=O)c1.I. The minimum absolute atomic E-state index is 0. The molecule has 1 amide bonds. The second kappa shape index (κ2) is 13.7. The normalized spacial score (nSPS) is 16.5. The van der Waals surface area contributed by atoms with Gasteiger partial charge in [-0.2, -0.15) is 0 Å². The maximum atomic E-state index is 11.1. The number of nitrogens with zero attached hydrogens (tertiary/aromatic N) is 1. The van der Waals surface area contributed by atoms with E-state index in [1.165, 1.54) is 6.92 Å². The number of rotatable bonds is 9. The number of guanidine groups is 1. The van der Waals surface area contributed by atoms with Crippen molar-refractivity contribution in [2.75, 3.05) is 45.3 Å². The molecule has 1 heterocycles. The summed E-state index contributed by atoms with van der Waals surface area (Å²) >= 11 is 0. The van der Waals surface area contributed by atoms with E-state index in [-0.39, 0.29) is 29.9 Å². The van der Waals surface area contributed by atoms with Crippen LogP contribution in [-0.4, -0.2) is 51.9 Å². The Morgan fingerprint density at radius 3 is 2.93 bits per heavy atom. The van der Waals surface area contributed by atoms with Crippen LogP contribution in [-0.2, 0) is 20.8 Å². The van der Waals surface area contributed by atoms with Crippen molar-refractivity contribution in [2.45, 2.75) is 26.3 Å². The van der Waals surface area contributed by atoms with Crippen LogP contribution < -0.4 is 16.0 Å². The molecule has 8 heteroatoms. The summed E-state index contributed by atoms with van der Waals surface area (Å²) in [7, 11) is 1.75. The zero-order valence-corrected chi connectivity index (χ0v) is 18.5. The van der Waals surface area contributed by atoms with Crippen molar-refractivity contribution < 1.29 is 14.3 Å². The van der Waals surface area contributed by atoms with Gasteiger partial charge in [-0.25, -0.2) is 0 Å². The van der Waals surface area contributed by atoms with Crippen LogP contribution in [0.15, 0.2) is 29.3 Å². The van der Waals surface area contributed by atoms with E-state index in [0.29, 0.717) is 12.5 Å². The van der Waals surface area contributed by atoms with Gasteiger partial charge in [0, 0.05) is 51.9 Å². The van der Waals surface area contributed by atoms with Gasteiger partial charge in [0.05, 0.1) is 13.2 Å². The standard InChI is InChI=1S/C19H30N4O3.HI/c1-15(24)23-18-6-3-5-16(11-18)12-22-19(20-2)21-8-4-9-25-13-17-7-10-26-14-17;/h3,5-6,11,17H,4,7-10,12-14H2,1-2H3,(H,23,24)(H2,20,21,22);1H. The number of hydrogen-bond acceptors (Lipinski definition) is 4. The Kier molecular flexibility index (Phi) is 12.0. The van der Waals surface area contributed by atoms with Gasteiger partial charge in [-0.3, -0.25) is 9.79 Å². The predicted molar refractivity (Wildman–Crippen MR) is 119 cm³/mol. The predicted octanol–water partition coefficient (Wildman–Crippen LogP) is 2.37. The van der Waals surface area contributed by atoms with E-state index in [0.717, 1.165) is 63.0 Å². The summed E-state index contributed by atoms with van der Waals surface area (Å²) in [6.07, 6.45) is 2.03. The molecule has 2 rings (SSSR count). The largest absolute Gasteiger partial charge is 0.381 e. The van der Waals surface area contributed by atoms with Crippen molar-refractivity contribution in [1.29, 1.82) is 0 Å². The minimum atomic E-state index is -0.0738. The number of anilines is 1. The molecule has 0 radical (unpaired) electrons. The average Bonchev–Trinajstić information content (AvgIpc) is 3.13. The summed E-state index contributed by atoms with van der Waals surface area (Å²) in [5.74, 6) is 1.24. The van der Waals surface area contributed by atoms with Crippen LogP contribution >= 0.6 is 24.0 Å². The van der Waals surface area contributed by atoms with Gasteiger partial charge in [0.15, 0.2) is 5.96 Å². The van der Waals surface area contributed by atoms with Crippen LogP contribution in [0.2, 0.25) is 0 Å². The van der Waals surface area contributed by atoms with Crippen LogP contribution in [0.25, 0.3) is 0 Å². The lowest BCUT2D eigenvalue weighted by Crippen LogP contribution is -2.37. The quantitative estimate of drug-likeness (QED) is 0.214. The van der Waals surface area contributed by atoms with Gasteiger partial charge < -0.3 is 25.4 Å². The van der Waals surface area contributed by atoms with Gasteiger partial charge in [0.2, 0.25) is 5.91 Å². The minimum Gasteiger partial charge on any atom is -0.381 e. The number of carbonyl (C=O) groups is 1. The zero-order chi connectivity index (χ0) is 18.6. The lowest BCUT2D eigenvalue weighted by molar-refractivity contribution is -0.114. The third kappa shape index (κ3) is 9.92. The van der Waals surface area contributed by atoms with E-state index >= 15 is 0 Å². The Bertz CT molecular complexity index is 592. The highest BCUT2D eigenvalue weighted by molar-refractivity contribution is 14.0. The van der Waals surface area contributed by atoms with Crippen molar-refractivity contribution in [2.24, 2.45) is 10.9 Å². The first kappa shape index (κ1) is 23.6. The molecule has 1 unspecified atom stereocenters. The summed E-state index contributed by atoms with van der Waals surface area (Å²) in [5, 5.41) is 9.34. The fraction of sp³-hybridized carbons (Fsp3) is 0.579. The van der Waals surface area contributed by atoms with Gasteiger partial charge in [0.1, 0.15) is 0 Å². The van der Waals surface area contributed by atoms with E-state index in [1.807, 2.05) is 24.3 Å². The highest BCUT2D eigenvalue weighted by Crippen LogP contribution is 2.12. The van der Waals surface area contributed by atoms with Crippen molar-refractivity contribution in [1.82, 2.24) is 10.6 Å². The van der Waals surface area contributed by atoms with Gasteiger partial charge in [-0.15, -0.1) is 24.0 Å². The molecule has 0 saturated carbocycles. The molecule has 0 bridgehead atoms. The number of aliphatic imine (C=N–C) groups is 1. The Morgan fingerprint density at radius 2 is 2.22 bits per heavy atom. The maximum Gasteiger partial charge on any atom is 0.221 e. The van der Waals surface area contributed by atoms with Crippen molar-refractivity contribution in [3.8, 4) is 0 Å². The summed E-state index contributed by atoms with van der Waals surface area (Å²) in [5.41, 5.74) is 1.87. The molecule has 0 aliphatic carbocycles.